The number of amides is 1. The second kappa shape index (κ2) is 5.01. The zero-order valence-electron chi connectivity index (χ0n) is 10.3. The maximum Gasteiger partial charge on any atom is 0.250 e. The third-order valence-corrected chi connectivity index (χ3v) is 2.82. The van der Waals surface area contributed by atoms with Gasteiger partial charge in [-0.3, -0.25) is 4.79 Å². The van der Waals surface area contributed by atoms with E-state index in [0.717, 1.165) is 17.1 Å². The fraction of sp³-hybridized carbons (Fsp3) is 0.231. The lowest BCUT2D eigenvalue weighted by Crippen LogP contribution is -2.15. The quantitative estimate of drug-likeness (QED) is 0.859. The first-order valence-electron chi connectivity index (χ1n) is 5.63. The van der Waals surface area contributed by atoms with Crippen LogP contribution in [0.2, 0.25) is 0 Å². The zero-order chi connectivity index (χ0) is 13.1. The van der Waals surface area contributed by atoms with E-state index < -0.39 is 12.5 Å². The van der Waals surface area contributed by atoms with Crippen molar-refractivity contribution in [2.75, 3.05) is 11.9 Å². The van der Waals surface area contributed by atoms with Crippen LogP contribution in [-0.4, -0.2) is 27.2 Å². The van der Waals surface area contributed by atoms with Gasteiger partial charge in [-0.25, -0.2) is 4.98 Å². The normalized spacial score (nSPS) is 10.4. The first-order valence-corrected chi connectivity index (χ1v) is 5.63. The second-order valence-corrected chi connectivity index (χ2v) is 4.04. The number of benzene rings is 1. The molecule has 1 aromatic heterocycles. The predicted molar refractivity (Wildman–Crippen MR) is 68.8 cm³/mol. The van der Waals surface area contributed by atoms with E-state index in [4.69, 9.17) is 5.11 Å². The van der Waals surface area contributed by atoms with Crippen molar-refractivity contribution >= 4 is 11.6 Å². The van der Waals surface area contributed by atoms with Crippen LogP contribution >= 0.6 is 0 Å². The molecule has 0 saturated heterocycles. The molecule has 1 heterocycles. The molecule has 2 N–H and O–H groups in total. The molecule has 0 unspecified atom stereocenters. The lowest BCUT2D eigenvalue weighted by atomic mass is 10.2. The maximum absolute atomic E-state index is 11.0. The Labute approximate surface area is 105 Å². The van der Waals surface area contributed by atoms with Crippen molar-refractivity contribution in [3.05, 3.63) is 42.0 Å². The molecule has 2 aromatic rings. The zero-order valence-corrected chi connectivity index (χ0v) is 10.3. The molecule has 18 heavy (non-hydrogen) atoms. The number of rotatable bonds is 3. The number of anilines is 1. The molecule has 0 spiro atoms. The number of aliphatic hydroxyl groups excluding tert-OH is 1. The molecule has 1 aromatic carbocycles. The molecule has 0 aliphatic carbocycles. The van der Waals surface area contributed by atoms with E-state index in [2.05, 4.69) is 10.3 Å². The molecule has 2 rings (SSSR count). The number of aromatic nitrogens is 2. The number of carbonyl (C=O) groups is 1. The monoisotopic (exact) mass is 245 g/mol. The number of aliphatic hydroxyl groups is 1. The van der Waals surface area contributed by atoms with E-state index in [0.29, 0.717) is 5.69 Å². The molecular formula is C13H15N3O2. The average Bonchev–Trinajstić information content (AvgIpc) is 2.71. The Morgan fingerprint density at radius 1 is 1.33 bits per heavy atom. The maximum atomic E-state index is 11.0. The summed E-state index contributed by atoms with van der Waals surface area (Å²) in [4.78, 5) is 15.3. The van der Waals surface area contributed by atoms with Crippen LogP contribution in [0.5, 0.6) is 0 Å². The highest BCUT2D eigenvalue weighted by Gasteiger charge is 2.05. The summed E-state index contributed by atoms with van der Waals surface area (Å²) in [5.41, 5.74) is 3.72. The van der Waals surface area contributed by atoms with Crippen LogP contribution < -0.4 is 5.32 Å². The van der Waals surface area contributed by atoms with Gasteiger partial charge in [0.1, 0.15) is 6.61 Å². The highest BCUT2D eigenvalue weighted by Crippen LogP contribution is 2.16. The smallest absolute Gasteiger partial charge is 0.250 e. The summed E-state index contributed by atoms with van der Waals surface area (Å²) in [7, 11) is 0. The third-order valence-electron chi connectivity index (χ3n) is 2.82. The van der Waals surface area contributed by atoms with Crippen LogP contribution in [0.15, 0.2) is 30.6 Å². The molecule has 0 saturated carbocycles. The van der Waals surface area contributed by atoms with Crippen molar-refractivity contribution in [1.82, 2.24) is 9.55 Å². The first-order chi connectivity index (χ1) is 8.61. The lowest BCUT2D eigenvalue weighted by molar-refractivity contribution is -0.118. The van der Waals surface area contributed by atoms with Gasteiger partial charge in [0.2, 0.25) is 5.91 Å². The summed E-state index contributed by atoms with van der Waals surface area (Å²) in [5, 5.41) is 11.2. The van der Waals surface area contributed by atoms with Crippen molar-refractivity contribution in [2.24, 2.45) is 0 Å². The van der Waals surface area contributed by atoms with E-state index in [1.165, 1.54) is 0 Å². The van der Waals surface area contributed by atoms with Crippen LogP contribution in [0.4, 0.5) is 5.69 Å². The Bertz CT molecular complexity index is 558. The van der Waals surface area contributed by atoms with Crippen LogP contribution in [-0.2, 0) is 4.79 Å². The van der Waals surface area contributed by atoms with Gasteiger partial charge in [-0.1, -0.05) is 0 Å². The van der Waals surface area contributed by atoms with E-state index in [1.54, 1.807) is 18.5 Å². The molecule has 0 radical (unpaired) electrons. The van der Waals surface area contributed by atoms with Crippen molar-refractivity contribution in [3.8, 4) is 5.69 Å². The summed E-state index contributed by atoms with van der Waals surface area (Å²) < 4.78 is 1.98. The van der Waals surface area contributed by atoms with Crippen molar-refractivity contribution in [2.45, 2.75) is 13.8 Å². The molecule has 0 aliphatic heterocycles. The van der Waals surface area contributed by atoms with Gasteiger partial charge in [0.05, 0.1) is 12.0 Å². The Morgan fingerprint density at radius 2 is 2.00 bits per heavy atom. The van der Waals surface area contributed by atoms with Crippen molar-refractivity contribution in [1.29, 1.82) is 0 Å². The van der Waals surface area contributed by atoms with E-state index in [-0.39, 0.29) is 0 Å². The minimum absolute atomic E-state index is 0.419. The van der Waals surface area contributed by atoms with Gasteiger partial charge in [0.15, 0.2) is 0 Å². The molecule has 5 heteroatoms. The van der Waals surface area contributed by atoms with Gasteiger partial charge in [0.25, 0.3) is 0 Å². The van der Waals surface area contributed by atoms with Gasteiger partial charge in [-0.15, -0.1) is 0 Å². The number of carbonyl (C=O) groups excluding carboxylic acids is 1. The van der Waals surface area contributed by atoms with Crippen LogP contribution in [0.3, 0.4) is 0 Å². The van der Waals surface area contributed by atoms with E-state index >= 15 is 0 Å². The summed E-state index contributed by atoms with van der Waals surface area (Å²) in [6.45, 7) is 3.45. The molecule has 94 valence electrons. The van der Waals surface area contributed by atoms with Gasteiger partial charge in [-0.05, 0) is 38.1 Å². The molecule has 1 amide bonds. The van der Waals surface area contributed by atoms with E-state index in [1.807, 2.05) is 30.5 Å². The highest BCUT2D eigenvalue weighted by atomic mass is 16.3. The third kappa shape index (κ3) is 2.41. The Hall–Kier alpha value is -2.14. The number of nitrogens with zero attached hydrogens (tertiary/aromatic N) is 2. The predicted octanol–water partition coefficient (Wildman–Crippen LogP) is 1.42. The summed E-state index contributed by atoms with van der Waals surface area (Å²) in [6.07, 6.45) is 1.77. The van der Waals surface area contributed by atoms with Crippen molar-refractivity contribution < 1.29 is 9.90 Å². The number of aryl methyl sites for hydroxylation is 1. The number of imidazole rings is 1. The molecule has 5 nitrogen and oxygen atoms in total. The summed E-state index contributed by atoms with van der Waals surface area (Å²) in [6, 6.07) is 7.36. The average molecular weight is 245 g/mol. The molecule has 0 atom stereocenters. The largest absolute Gasteiger partial charge is 0.387 e. The summed E-state index contributed by atoms with van der Waals surface area (Å²) in [5.74, 6) is -0.419. The lowest BCUT2D eigenvalue weighted by Gasteiger charge is -2.07. The molecule has 0 bridgehead atoms. The minimum atomic E-state index is -0.512. The SMILES string of the molecule is Cc1ncn(-c2ccc(NC(=O)CO)cc2)c1C. The number of nitrogens with one attached hydrogen (secondary N) is 1. The van der Waals surface area contributed by atoms with E-state index in [9.17, 15) is 4.79 Å². The van der Waals surface area contributed by atoms with Gasteiger partial charge in [-0.2, -0.15) is 0 Å². The fourth-order valence-electron chi connectivity index (χ4n) is 1.66. The highest BCUT2D eigenvalue weighted by molar-refractivity contribution is 5.91. The Balaban J connectivity index is 2.22. The topological polar surface area (TPSA) is 67.2 Å². The van der Waals surface area contributed by atoms with Gasteiger partial charge >= 0.3 is 0 Å². The molecule has 0 fully saturated rings. The van der Waals surface area contributed by atoms with Gasteiger partial charge < -0.3 is 15.0 Å². The minimum Gasteiger partial charge on any atom is -0.387 e. The second-order valence-electron chi connectivity index (χ2n) is 4.04. The van der Waals surface area contributed by atoms with Crippen molar-refractivity contribution in [3.63, 3.8) is 0 Å². The Morgan fingerprint density at radius 3 is 2.50 bits per heavy atom. The fourth-order valence-corrected chi connectivity index (χ4v) is 1.66. The van der Waals surface area contributed by atoms with Crippen LogP contribution in [0.1, 0.15) is 11.4 Å². The molecule has 0 aliphatic rings. The standard InChI is InChI=1S/C13H15N3O2/c1-9-10(2)16(8-14-9)12-5-3-11(4-6-12)15-13(18)7-17/h3-6,8,17H,7H2,1-2H3,(H,15,18). The van der Waals surface area contributed by atoms with Crippen LogP contribution in [0.25, 0.3) is 5.69 Å². The first kappa shape index (κ1) is 12.3. The number of hydrogen-bond acceptors (Lipinski definition) is 3. The van der Waals surface area contributed by atoms with Gasteiger partial charge in [0, 0.05) is 17.1 Å². The Kier molecular flexibility index (Phi) is 3.43. The number of hydrogen-bond donors (Lipinski definition) is 2. The molecular weight excluding hydrogens is 230 g/mol. The summed E-state index contributed by atoms with van der Waals surface area (Å²) >= 11 is 0. The van der Waals surface area contributed by atoms with Crippen LogP contribution in [0, 0.1) is 13.8 Å².